The predicted octanol–water partition coefficient (Wildman–Crippen LogP) is -0.782. The molecule has 0 rings (SSSR count). The van der Waals surface area contributed by atoms with E-state index in [9.17, 15) is 0 Å². The summed E-state index contributed by atoms with van der Waals surface area (Å²) in [6.45, 7) is 1.04. The average Bonchev–Trinajstić information content (AvgIpc) is 1.84. The van der Waals surface area contributed by atoms with Crippen molar-refractivity contribution in [1.82, 2.24) is 0 Å². The predicted molar refractivity (Wildman–Crippen MR) is 26.3 cm³/mol. The maximum absolute atomic E-state index is 8.59. The fraction of sp³-hybridized carbons (Fsp3) is 1.00. The maximum Gasteiger partial charge on any atom is 0.118 e. The van der Waals surface area contributed by atoms with Crippen LogP contribution in [0.2, 0.25) is 0 Å². The monoisotopic (exact) mass is 122 g/mol. The molecule has 0 spiro atoms. The summed E-state index contributed by atoms with van der Waals surface area (Å²) in [6, 6.07) is 0. The van der Waals surface area contributed by atoms with Gasteiger partial charge in [0.15, 0.2) is 0 Å². The van der Waals surface area contributed by atoms with Crippen molar-refractivity contribution in [2.45, 2.75) is 19.1 Å². The van der Waals surface area contributed by atoms with Crippen LogP contribution in [0, 0.1) is 0 Å². The van der Waals surface area contributed by atoms with E-state index in [0.717, 1.165) is 0 Å². The van der Waals surface area contributed by atoms with Crippen LogP contribution in [0.15, 0.2) is 0 Å². The quantitative estimate of drug-likeness (QED) is 0.339. The summed E-state index contributed by atoms with van der Waals surface area (Å²) in [5.74, 6) is 0. The Balaban J connectivity index is 3.29. The van der Waals surface area contributed by atoms with Crippen molar-refractivity contribution < 1.29 is 20.4 Å². The lowest BCUT2D eigenvalue weighted by Crippen LogP contribution is -2.28. The van der Waals surface area contributed by atoms with Crippen molar-refractivity contribution in [3.05, 3.63) is 0 Å². The van der Waals surface area contributed by atoms with Gasteiger partial charge in [0.2, 0.25) is 0 Å². The minimum absolute atomic E-state index is 0.401. The minimum atomic E-state index is -1.00. The van der Waals surface area contributed by atoms with Gasteiger partial charge in [0, 0.05) is 0 Å². The summed E-state index contributed by atoms with van der Waals surface area (Å²) >= 11 is 0. The highest BCUT2D eigenvalue weighted by atomic mass is 17.1. The van der Waals surface area contributed by atoms with Gasteiger partial charge in [0.1, 0.15) is 12.2 Å². The Bertz CT molecular complexity index is 48.0. The molecule has 0 aromatic heterocycles. The molecule has 8 heavy (non-hydrogen) atoms. The van der Waals surface area contributed by atoms with Gasteiger partial charge in [-0.3, -0.25) is 5.26 Å². The normalized spacial score (nSPS) is 18.0. The van der Waals surface area contributed by atoms with Crippen LogP contribution in [-0.2, 0) is 4.89 Å². The fourth-order valence-corrected chi connectivity index (χ4v) is 0.219. The largest absolute Gasteiger partial charge is 0.394 e. The Morgan fingerprint density at radius 2 is 2.12 bits per heavy atom. The minimum Gasteiger partial charge on any atom is -0.394 e. The standard InChI is InChI=1S/C4H10O4/c1-3(8-7)4(6)2-5/h3-7H,2H2,1H3. The molecule has 0 saturated heterocycles. The summed E-state index contributed by atoms with van der Waals surface area (Å²) < 4.78 is 0. The van der Waals surface area contributed by atoms with Gasteiger partial charge in [-0.25, -0.2) is 4.89 Å². The summed E-state index contributed by atoms with van der Waals surface area (Å²) in [7, 11) is 0. The van der Waals surface area contributed by atoms with Crippen LogP contribution in [0.1, 0.15) is 6.92 Å². The van der Waals surface area contributed by atoms with Gasteiger partial charge in [0.05, 0.1) is 6.61 Å². The van der Waals surface area contributed by atoms with Gasteiger partial charge in [0.25, 0.3) is 0 Å². The molecule has 4 nitrogen and oxygen atoms in total. The highest BCUT2D eigenvalue weighted by Crippen LogP contribution is 1.93. The highest BCUT2D eigenvalue weighted by molar-refractivity contribution is 4.58. The molecule has 2 atom stereocenters. The molecule has 0 heterocycles. The molecule has 0 saturated carbocycles. The molecule has 0 fully saturated rings. The van der Waals surface area contributed by atoms with Gasteiger partial charge in [-0.1, -0.05) is 0 Å². The first-order valence-corrected chi connectivity index (χ1v) is 2.31. The first-order valence-electron chi connectivity index (χ1n) is 2.31. The van der Waals surface area contributed by atoms with E-state index in [1.165, 1.54) is 6.92 Å². The molecule has 0 aliphatic rings. The van der Waals surface area contributed by atoms with E-state index in [1.807, 2.05) is 0 Å². The smallest absolute Gasteiger partial charge is 0.118 e. The summed E-state index contributed by atoms with van der Waals surface area (Å²) in [4.78, 5) is 3.69. The Kier molecular flexibility index (Phi) is 3.72. The SMILES string of the molecule is CC(OO)C(O)CO. The number of aliphatic hydroxyl groups is 2. The molecule has 3 N–H and O–H groups in total. The van der Waals surface area contributed by atoms with Crippen LogP contribution >= 0.6 is 0 Å². The van der Waals surface area contributed by atoms with Gasteiger partial charge < -0.3 is 10.2 Å². The lowest BCUT2D eigenvalue weighted by Gasteiger charge is -2.11. The van der Waals surface area contributed by atoms with Crippen molar-refractivity contribution in [2.75, 3.05) is 6.61 Å². The van der Waals surface area contributed by atoms with E-state index in [-0.39, 0.29) is 0 Å². The van der Waals surface area contributed by atoms with Crippen molar-refractivity contribution in [3.8, 4) is 0 Å². The van der Waals surface area contributed by atoms with E-state index in [0.29, 0.717) is 0 Å². The Morgan fingerprint density at radius 3 is 2.25 bits per heavy atom. The second-order valence-corrected chi connectivity index (χ2v) is 1.56. The number of hydrogen-bond acceptors (Lipinski definition) is 4. The average molecular weight is 122 g/mol. The molecule has 0 aromatic rings. The molecule has 0 aliphatic carbocycles. The second-order valence-electron chi connectivity index (χ2n) is 1.56. The maximum atomic E-state index is 8.59. The van der Waals surface area contributed by atoms with Crippen molar-refractivity contribution in [1.29, 1.82) is 0 Å². The zero-order valence-corrected chi connectivity index (χ0v) is 4.61. The molecular weight excluding hydrogens is 112 g/mol. The van der Waals surface area contributed by atoms with E-state index in [2.05, 4.69) is 4.89 Å². The lowest BCUT2D eigenvalue weighted by molar-refractivity contribution is -0.293. The molecule has 0 aromatic carbocycles. The molecule has 0 radical (unpaired) electrons. The van der Waals surface area contributed by atoms with Crippen LogP contribution in [0.25, 0.3) is 0 Å². The fourth-order valence-electron chi connectivity index (χ4n) is 0.219. The first kappa shape index (κ1) is 7.84. The zero-order valence-electron chi connectivity index (χ0n) is 4.61. The third-order valence-electron chi connectivity index (χ3n) is 0.895. The molecule has 0 amide bonds. The van der Waals surface area contributed by atoms with Crippen LogP contribution in [0.4, 0.5) is 0 Å². The Morgan fingerprint density at radius 1 is 1.62 bits per heavy atom. The van der Waals surface area contributed by atoms with Crippen LogP contribution < -0.4 is 0 Å². The number of hydrogen-bond donors (Lipinski definition) is 3. The van der Waals surface area contributed by atoms with Crippen LogP contribution in [0.5, 0.6) is 0 Å². The third-order valence-corrected chi connectivity index (χ3v) is 0.895. The third kappa shape index (κ3) is 2.23. The van der Waals surface area contributed by atoms with Crippen LogP contribution in [0.3, 0.4) is 0 Å². The Labute approximate surface area is 47.3 Å². The molecule has 0 aliphatic heterocycles. The van der Waals surface area contributed by atoms with Gasteiger partial charge >= 0.3 is 0 Å². The summed E-state index contributed by atoms with van der Waals surface area (Å²) in [5, 5.41) is 24.7. The van der Waals surface area contributed by atoms with E-state index in [4.69, 9.17) is 15.5 Å². The topological polar surface area (TPSA) is 69.9 Å². The van der Waals surface area contributed by atoms with E-state index >= 15 is 0 Å². The summed E-state index contributed by atoms with van der Waals surface area (Å²) in [6.07, 6.45) is -1.72. The molecule has 2 unspecified atom stereocenters. The van der Waals surface area contributed by atoms with Crippen molar-refractivity contribution in [3.63, 3.8) is 0 Å². The summed E-state index contributed by atoms with van der Waals surface area (Å²) in [5.41, 5.74) is 0. The lowest BCUT2D eigenvalue weighted by atomic mass is 10.2. The molecular formula is C4H10O4. The second kappa shape index (κ2) is 3.80. The van der Waals surface area contributed by atoms with Crippen molar-refractivity contribution in [2.24, 2.45) is 0 Å². The molecule has 4 heteroatoms. The van der Waals surface area contributed by atoms with Gasteiger partial charge in [-0.2, -0.15) is 0 Å². The van der Waals surface area contributed by atoms with Crippen molar-refractivity contribution >= 4 is 0 Å². The van der Waals surface area contributed by atoms with Crippen LogP contribution in [-0.4, -0.2) is 34.3 Å². The first-order chi connectivity index (χ1) is 3.72. The van der Waals surface area contributed by atoms with Gasteiger partial charge in [-0.05, 0) is 6.92 Å². The van der Waals surface area contributed by atoms with Gasteiger partial charge in [-0.15, -0.1) is 0 Å². The number of aliphatic hydroxyl groups excluding tert-OH is 2. The van der Waals surface area contributed by atoms with E-state index < -0.39 is 18.8 Å². The Hall–Kier alpha value is -0.160. The zero-order chi connectivity index (χ0) is 6.57. The van der Waals surface area contributed by atoms with E-state index in [1.54, 1.807) is 0 Å². The number of rotatable bonds is 3. The molecule has 50 valence electrons. The highest BCUT2D eigenvalue weighted by Gasteiger charge is 2.11. The molecule has 0 bridgehead atoms.